The van der Waals surface area contributed by atoms with E-state index in [2.05, 4.69) is 10.3 Å². The van der Waals surface area contributed by atoms with Crippen LogP contribution < -0.4 is 9.80 Å². The first kappa shape index (κ1) is 35.9. The lowest BCUT2D eigenvalue weighted by Crippen LogP contribution is -2.54. The first-order valence-corrected chi connectivity index (χ1v) is 20.8. The maximum absolute atomic E-state index is 16.4. The molecule has 14 heteroatoms. The average Bonchev–Trinajstić information content (AvgIpc) is 3.74. The number of amides is 2. The number of hydrogen-bond donors (Lipinski definition) is 1. The number of aryl methyl sites for hydroxylation is 1. The van der Waals surface area contributed by atoms with Gasteiger partial charge in [-0.15, -0.1) is 5.10 Å². The van der Waals surface area contributed by atoms with E-state index >= 15 is 4.11 Å². The summed E-state index contributed by atoms with van der Waals surface area (Å²) in [5.74, 6) is -1.81. The molecule has 1 aromatic heterocycles. The third-order valence-electron chi connectivity index (χ3n) is 10.6. The van der Waals surface area contributed by atoms with Gasteiger partial charge in [-0.2, -0.15) is 0 Å². The molecule has 7 rings (SSSR count). The molecule has 52 heavy (non-hydrogen) atoms. The van der Waals surface area contributed by atoms with Crippen LogP contribution in [0.25, 0.3) is 0 Å². The van der Waals surface area contributed by atoms with Crippen molar-refractivity contribution in [3.8, 4) is 0 Å². The first-order chi connectivity index (χ1) is 24.8. The van der Waals surface area contributed by atoms with Crippen LogP contribution in [-0.4, -0.2) is 65.2 Å². The van der Waals surface area contributed by atoms with Crippen molar-refractivity contribution in [1.29, 1.82) is 0 Å². The third kappa shape index (κ3) is 6.33. The Balaban J connectivity index is 1.16. The van der Waals surface area contributed by atoms with Gasteiger partial charge in [-0.25, -0.2) is 0 Å². The minimum atomic E-state index is -3.43. The molecular formula is C38H41ClFN5O6Si. The molecule has 2 unspecified atom stereocenters. The maximum atomic E-state index is 16.4. The van der Waals surface area contributed by atoms with Crippen LogP contribution in [0.4, 0.5) is 15.5 Å². The van der Waals surface area contributed by atoms with Gasteiger partial charge < -0.3 is 23.6 Å². The number of halogens is 2. The van der Waals surface area contributed by atoms with Gasteiger partial charge in [0.15, 0.2) is 11.8 Å². The van der Waals surface area contributed by atoms with Gasteiger partial charge >= 0.3 is 5.97 Å². The van der Waals surface area contributed by atoms with E-state index in [4.69, 9.17) is 21.1 Å². The lowest BCUT2D eigenvalue weighted by Gasteiger charge is -2.39. The number of ether oxygens (including phenoxy) is 2. The van der Waals surface area contributed by atoms with Crippen molar-refractivity contribution in [2.75, 3.05) is 16.4 Å². The Labute approximate surface area is 307 Å². The summed E-state index contributed by atoms with van der Waals surface area (Å²) in [6.07, 6.45) is 0.994. The van der Waals surface area contributed by atoms with Crippen molar-refractivity contribution in [3.63, 3.8) is 0 Å². The largest absolute Gasteiger partial charge is 0.441 e. The van der Waals surface area contributed by atoms with Gasteiger partial charge in [-0.1, -0.05) is 66.2 Å². The number of β-lactam (4-membered cyclic amide) rings is 1. The summed E-state index contributed by atoms with van der Waals surface area (Å²) in [4.78, 5) is 42.0. The summed E-state index contributed by atoms with van der Waals surface area (Å²) in [5.41, 5.74) is 2.06. The Kier molecular flexibility index (Phi) is 9.57. The number of benzene rings is 3. The summed E-state index contributed by atoms with van der Waals surface area (Å²) in [5, 5.41) is 19.2. The van der Waals surface area contributed by atoms with Crippen molar-refractivity contribution >= 4 is 49.2 Å². The predicted octanol–water partition coefficient (Wildman–Crippen LogP) is 6.09. The fraction of sp³-hybridized carbons (Fsp3) is 0.395. The molecule has 0 radical (unpaired) electrons. The highest BCUT2D eigenvalue weighted by Gasteiger charge is 2.66. The number of anilines is 2. The van der Waals surface area contributed by atoms with Gasteiger partial charge in [0.05, 0.1) is 43.0 Å². The van der Waals surface area contributed by atoms with Gasteiger partial charge in [-0.3, -0.25) is 24.0 Å². The molecular weight excluding hydrogens is 705 g/mol. The number of aliphatic hydroxyl groups excluding tert-OH is 1. The van der Waals surface area contributed by atoms with Crippen LogP contribution in [0, 0.1) is 5.92 Å². The second-order valence-corrected chi connectivity index (χ2v) is 18.6. The van der Waals surface area contributed by atoms with Crippen LogP contribution in [-0.2, 0) is 42.5 Å². The van der Waals surface area contributed by atoms with E-state index in [-0.39, 0.29) is 37.3 Å². The topological polar surface area (TPSA) is 127 Å². The standard InChI is InChI=1S/C38H41ClFN5O6Si/c1-23-36(52(3,4)40)33(15-16-43-21-31(41-42-43)29(22-46)26-10-6-5-7-11-26)51-38(23)30-18-27(39)13-14-32(30)44(37(38)49)20-25-9-8-12-28(17-25)45-34(48)19-35(45)50-24(2)47/h5-14,17-18,21,23,29,33,35-36,46H,15-16,19-20,22H2,1-4H3/t23-,29?,33+,35?,36-,38+/m0/s1. The highest BCUT2D eigenvalue weighted by molar-refractivity contribution is 6.72. The quantitative estimate of drug-likeness (QED) is 0.0846. The van der Waals surface area contributed by atoms with Crippen molar-refractivity contribution in [3.05, 3.63) is 106 Å². The van der Waals surface area contributed by atoms with Gasteiger partial charge in [0.1, 0.15) is 0 Å². The summed E-state index contributed by atoms with van der Waals surface area (Å²) in [7, 11) is -3.43. The van der Waals surface area contributed by atoms with Crippen LogP contribution in [0.15, 0.2) is 79.0 Å². The Morgan fingerprint density at radius 3 is 2.60 bits per heavy atom. The summed E-state index contributed by atoms with van der Waals surface area (Å²) in [6.45, 7) is 6.90. The number of rotatable bonds is 11. The van der Waals surface area contributed by atoms with Crippen molar-refractivity contribution in [2.45, 2.75) is 82.3 Å². The van der Waals surface area contributed by atoms with E-state index in [1.807, 2.05) is 43.3 Å². The molecule has 0 saturated carbocycles. The van der Waals surface area contributed by atoms with E-state index in [1.54, 1.807) is 65.3 Å². The molecule has 2 fully saturated rings. The molecule has 2 amide bonds. The Morgan fingerprint density at radius 2 is 1.90 bits per heavy atom. The van der Waals surface area contributed by atoms with Crippen LogP contribution in [0.3, 0.4) is 0 Å². The highest BCUT2D eigenvalue weighted by atomic mass is 35.5. The third-order valence-corrected chi connectivity index (χ3v) is 13.3. The molecule has 2 saturated heterocycles. The molecule has 11 nitrogen and oxygen atoms in total. The van der Waals surface area contributed by atoms with E-state index < -0.39 is 43.8 Å². The Hall–Kier alpha value is -4.43. The van der Waals surface area contributed by atoms with Crippen molar-refractivity contribution in [1.82, 2.24) is 15.0 Å². The summed E-state index contributed by atoms with van der Waals surface area (Å²) in [6, 6.07) is 22.1. The molecule has 0 bridgehead atoms. The summed E-state index contributed by atoms with van der Waals surface area (Å²) >= 11 is 6.56. The lowest BCUT2D eigenvalue weighted by atomic mass is 9.82. The first-order valence-electron chi connectivity index (χ1n) is 17.4. The van der Waals surface area contributed by atoms with Crippen LogP contribution in [0.5, 0.6) is 0 Å². The van der Waals surface area contributed by atoms with E-state index in [9.17, 15) is 19.5 Å². The molecule has 4 heterocycles. The number of aliphatic hydroxyl groups is 1. The zero-order valence-electron chi connectivity index (χ0n) is 29.4. The zero-order chi connectivity index (χ0) is 36.9. The van der Waals surface area contributed by atoms with Crippen LogP contribution >= 0.6 is 11.6 Å². The minimum absolute atomic E-state index is 0.103. The molecule has 4 aromatic rings. The number of aromatic nitrogens is 3. The van der Waals surface area contributed by atoms with Gasteiger partial charge in [-0.05, 0) is 61.0 Å². The normalized spacial score (nSPS) is 24.7. The number of esters is 1. The molecule has 3 aliphatic heterocycles. The van der Waals surface area contributed by atoms with Crippen molar-refractivity contribution < 1.29 is 33.1 Å². The molecule has 3 aliphatic rings. The molecule has 272 valence electrons. The van der Waals surface area contributed by atoms with E-state index in [1.165, 1.54) is 11.8 Å². The number of hydrogen-bond acceptors (Lipinski definition) is 8. The van der Waals surface area contributed by atoms with E-state index in [0.29, 0.717) is 40.6 Å². The molecule has 6 atom stereocenters. The van der Waals surface area contributed by atoms with Crippen LogP contribution in [0.2, 0.25) is 23.7 Å². The fourth-order valence-corrected chi connectivity index (χ4v) is 11.0. The van der Waals surface area contributed by atoms with Gasteiger partial charge in [0, 0.05) is 47.4 Å². The number of carbonyl (C=O) groups excluding carboxylic acids is 3. The summed E-state index contributed by atoms with van der Waals surface area (Å²) < 4.78 is 30.3. The number of nitrogens with zero attached hydrogens (tertiary/aromatic N) is 5. The second-order valence-electron chi connectivity index (χ2n) is 14.4. The van der Waals surface area contributed by atoms with Gasteiger partial charge in [0.25, 0.3) is 5.91 Å². The van der Waals surface area contributed by atoms with Gasteiger partial charge in [0.2, 0.25) is 14.3 Å². The molecule has 0 aliphatic carbocycles. The average molecular weight is 746 g/mol. The van der Waals surface area contributed by atoms with E-state index in [0.717, 1.165) is 11.1 Å². The lowest BCUT2D eigenvalue weighted by molar-refractivity contribution is -0.154. The SMILES string of the molecule is CC(=O)OC1CC(=O)N1c1cccc(CN2C(=O)[C@]3(O[C@H](CCn4cc(C(CO)c5ccccc5)nn4)[C@@H]([Si](C)(C)F)[C@@H]3C)c3cc(Cl)ccc32)c1. The monoisotopic (exact) mass is 745 g/mol. The van der Waals surface area contributed by atoms with Crippen LogP contribution in [0.1, 0.15) is 55.0 Å². The molecule has 3 aromatic carbocycles. The fourth-order valence-electron chi connectivity index (χ4n) is 8.31. The smallest absolute Gasteiger partial charge is 0.304 e. The second kappa shape index (κ2) is 13.8. The molecule has 1 spiro atoms. The number of fused-ring (bicyclic) bond motifs is 2. The molecule has 1 N–H and O–H groups in total. The van der Waals surface area contributed by atoms with Crippen molar-refractivity contribution in [2.24, 2.45) is 5.92 Å². The zero-order valence-corrected chi connectivity index (χ0v) is 31.2. The Bertz CT molecular complexity index is 2010. The number of carbonyl (C=O) groups is 3. The Morgan fingerprint density at radius 1 is 1.13 bits per heavy atom. The highest BCUT2D eigenvalue weighted by Crippen LogP contribution is 2.60. The minimum Gasteiger partial charge on any atom is -0.441 e. The predicted molar refractivity (Wildman–Crippen MR) is 195 cm³/mol. The maximum Gasteiger partial charge on any atom is 0.304 e.